The number of rotatable bonds is 0. The number of carbonyl (C=O) groups is 2. The van der Waals surface area contributed by atoms with Crippen molar-refractivity contribution in [3.63, 3.8) is 0 Å². The maximum atomic E-state index is 11.5. The van der Waals surface area contributed by atoms with Crippen molar-refractivity contribution in [3.8, 4) is 0 Å². The fourth-order valence-corrected chi connectivity index (χ4v) is 2.02. The first-order valence-electron chi connectivity index (χ1n) is 4.42. The Labute approximate surface area is 76.8 Å². The monoisotopic (exact) mass is 180 g/mol. The van der Waals surface area contributed by atoms with E-state index in [2.05, 4.69) is 0 Å². The van der Waals surface area contributed by atoms with Gasteiger partial charge in [-0.3, -0.25) is 9.59 Å². The Morgan fingerprint density at radius 2 is 1.46 bits per heavy atom. The van der Waals surface area contributed by atoms with Crippen molar-refractivity contribution in [1.82, 2.24) is 0 Å². The van der Waals surface area contributed by atoms with Crippen LogP contribution in [-0.4, -0.2) is 11.9 Å². The fourth-order valence-electron chi connectivity index (χ4n) is 2.02. The van der Waals surface area contributed by atoms with E-state index in [4.69, 9.17) is 4.74 Å². The van der Waals surface area contributed by atoms with Crippen LogP contribution in [0.2, 0.25) is 0 Å². The summed E-state index contributed by atoms with van der Waals surface area (Å²) in [7, 11) is 0. The Morgan fingerprint density at radius 3 is 1.85 bits per heavy atom. The number of esters is 2. The van der Waals surface area contributed by atoms with Crippen LogP contribution in [-0.2, 0) is 14.3 Å². The van der Waals surface area contributed by atoms with Gasteiger partial charge < -0.3 is 4.74 Å². The standard InChI is InChI=1S/C10H12O3/c1-9-5-3-4-6-10(9,2)8(12)13-7(9)11/h3-4H,5-6H2,1-2H3. The average Bonchev–Trinajstić information content (AvgIpc) is 2.25. The molecule has 0 aromatic heterocycles. The third-order valence-electron chi connectivity index (χ3n) is 3.52. The minimum absolute atomic E-state index is 0.371. The van der Waals surface area contributed by atoms with Crippen LogP contribution in [0, 0.1) is 10.8 Å². The van der Waals surface area contributed by atoms with Crippen molar-refractivity contribution in [2.45, 2.75) is 26.7 Å². The van der Waals surface area contributed by atoms with Crippen molar-refractivity contribution in [3.05, 3.63) is 12.2 Å². The second-order valence-electron chi connectivity index (χ2n) is 4.22. The molecule has 1 aliphatic heterocycles. The Balaban J connectivity index is 2.54. The fraction of sp³-hybridized carbons (Fsp3) is 0.600. The lowest BCUT2D eigenvalue weighted by Gasteiger charge is -2.35. The highest BCUT2D eigenvalue weighted by atomic mass is 16.6. The summed E-state index contributed by atoms with van der Waals surface area (Å²) in [6, 6.07) is 0. The summed E-state index contributed by atoms with van der Waals surface area (Å²) in [5.74, 6) is -0.742. The van der Waals surface area contributed by atoms with Crippen molar-refractivity contribution >= 4 is 11.9 Å². The predicted molar refractivity (Wildman–Crippen MR) is 45.7 cm³/mol. The number of hydrogen-bond donors (Lipinski definition) is 0. The highest BCUT2D eigenvalue weighted by molar-refractivity contribution is 6.01. The van der Waals surface area contributed by atoms with Gasteiger partial charge in [-0.2, -0.15) is 0 Å². The Kier molecular flexibility index (Phi) is 1.45. The SMILES string of the molecule is CC12CC=CCC1(C)C(=O)OC2=O. The van der Waals surface area contributed by atoms with Gasteiger partial charge in [0.15, 0.2) is 0 Å². The molecule has 0 saturated carbocycles. The molecule has 3 nitrogen and oxygen atoms in total. The minimum Gasteiger partial charge on any atom is -0.392 e. The quantitative estimate of drug-likeness (QED) is 0.322. The van der Waals surface area contributed by atoms with Crippen LogP contribution in [0.4, 0.5) is 0 Å². The van der Waals surface area contributed by atoms with Gasteiger partial charge in [0.1, 0.15) is 0 Å². The third-order valence-corrected chi connectivity index (χ3v) is 3.52. The molecule has 0 aromatic rings. The minimum atomic E-state index is -0.640. The Bertz CT molecular complexity index is 288. The first-order valence-corrected chi connectivity index (χ1v) is 4.42. The molecule has 13 heavy (non-hydrogen) atoms. The molecule has 3 heteroatoms. The van der Waals surface area contributed by atoms with Crippen molar-refractivity contribution in [2.75, 3.05) is 0 Å². The van der Waals surface area contributed by atoms with E-state index in [0.29, 0.717) is 12.8 Å². The third kappa shape index (κ3) is 0.794. The molecule has 1 aliphatic carbocycles. The van der Waals surface area contributed by atoms with Crippen molar-refractivity contribution in [1.29, 1.82) is 0 Å². The number of carbonyl (C=O) groups excluding carboxylic acids is 2. The number of fused-ring (bicyclic) bond motifs is 1. The molecule has 2 unspecified atom stereocenters. The van der Waals surface area contributed by atoms with Gasteiger partial charge in [0.2, 0.25) is 0 Å². The Morgan fingerprint density at radius 1 is 1.08 bits per heavy atom. The van der Waals surface area contributed by atoms with Crippen LogP contribution in [0.1, 0.15) is 26.7 Å². The zero-order valence-corrected chi connectivity index (χ0v) is 7.79. The van der Waals surface area contributed by atoms with Gasteiger partial charge in [-0.1, -0.05) is 12.2 Å². The van der Waals surface area contributed by atoms with E-state index in [1.807, 2.05) is 26.0 Å². The summed E-state index contributed by atoms with van der Waals surface area (Å²) in [4.78, 5) is 22.9. The second kappa shape index (κ2) is 2.22. The highest BCUT2D eigenvalue weighted by Crippen LogP contribution is 2.53. The summed E-state index contributed by atoms with van der Waals surface area (Å²) in [6.45, 7) is 3.62. The van der Waals surface area contributed by atoms with Gasteiger partial charge in [-0.25, -0.2) is 0 Å². The average molecular weight is 180 g/mol. The van der Waals surface area contributed by atoms with Crippen molar-refractivity contribution in [2.24, 2.45) is 10.8 Å². The second-order valence-corrected chi connectivity index (χ2v) is 4.22. The molecule has 2 atom stereocenters. The molecule has 1 saturated heterocycles. The summed E-state index contributed by atoms with van der Waals surface area (Å²) in [6.07, 6.45) is 5.10. The summed E-state index contributed by atoms with van der Waals surface area (Å²) in [5, 5.41) is 0. The van der Waals surface area contributed by atoms with Crippen LogP contribution in [0.3, 0.4) is 0 Å². The molecule has 0 N–H and O–H groups in total. The number of hydrogen-bond acceptors (Lipinski definition) is 3. The van der Waals surface area contributed by atoms with Crippen LogP contribution < -0.4 is 0 Å². The van der Waals surface area contributed by atoms with Crippen LogP contribution >= 0.6 is 0 Å². The van der Waals surface area contributed by atoms with E-state index in [9.17, 15) is 9.59 Å². The normalized spacial score (nSPS) is 43.2. The molecule has 1 fully saturated rings. The van der Waals surface area contributed by atoms with Crippen molar-refractivity contribution < 1.29 is 14.3 Å². The molecule has 70 valence electrons. The van der Waals surface area contributed by atoms with E-state index in [0.717, 1.165) is 0 Å². The first kappa shape index (κ1) is 8.48. The van der Waals surface area contributed by atoms with Crippen LogP contribution in [0.25, 0.3) is 0 Å². The maximum absolute atomic E-state index is 11.5. The molecular weight excluding hydrogens is 168 g/mol. The lowest BCUT2D eigenvalue weighted by Crippen LogP contribution is -2.41. The zero-order chi connectivity index (χ0) is 9.69. The van der Waals surface area contributed by atoms with Gasteiger partial charge in [0.25, 0.3) is 0 Å². The number of ether oxygens (including phenoxy) is 1. The van der Waals surface area contributed by atoms with Crippen LogP contribution in [0.5, 0.6) is 0 Å². The number of cyclic esters (lactones) is 2. The van der Waals surface area contributed by atoms with E-state index in [-0.39, 0.29) is 11.9 Å². The van der Waals surface area contributed by atoms with Gasteiger partial charge in [0.05, 0.1) is 10.8 Å². The van der Waals surface area contributed by atoms with Gasteiger partial charge in [-0.05, 0) is 26.7 Å². The highest BCUT2D eigenvalue weighted by Gasteiger charge is 2.62. The van der Waals surface area contributed by atoms with Gasteiger partial charge in [0, 0.05) is 0 Å². The van der Waals surface area contributed by atoms with E-state index in [1.54, 1.807) is 0 Å². The molecule has 0 bridgehead atoms. The molecule has 2 rings (SSSR count). The molecule has 0 amide bonds. The van der Waals surface area contributed by atoms with Crippen LogP contribution in [0.15, 0.2) is 12.2 Å². The lowest BCUT2D eigenvalue weighted by atomic mass is 9.61. The predicted octanol–water partition coefficient (Wildman–Crippen LogP) is 1.43. The summed E-state index contributed by atoms with van der Waals surface area (Å²) in [5.41, 5.74) is -1.28. The lowest BCUT2D eigenvalue weighted by molar-refractivity contribution is -0.155. The smallest absolute Gasteiger partial charge is 0.320 e. The first-order chi connectivity index (χ1) is 6.01. The van der Waals surface area contributed by atoms with Gasteiger partial charge >= 0.3 is 11.9 Å². The summed E-state index contributed by atoms with van der Waals surface area (Å²) < 4.78 is 4.70. The molecule has 0 radical (unpaired) electrons. The summed E-state index contributed by atoms with van der Waals surface area (Å²) >= 11 is 0. The molecular formula is C10H12O3. The molecule has 0 aromatic carbocycles. The Hall–Kier alpha value is -1.12. The van der Waals surface area contributed by atoms with Gasteiger partial charge in [-0.15, -0.1) is 0 Å². The molecule has 2 aliphatic rings. The van der Waals surface area contributed by atoms with E-state index < -0.39 is 10.8 Å². The van der Waals surface area contributed by atoms with E-state index in [1.165, 1.54) is 0 Å². The maximum Gasteiger partial charge on any atom is 0.320 e. The largest absolute Gasteiger partial charge is 0.392 e. The zero-order valence-electron chi connectivity index (χ0n) is 7.79. The molecule has 0 spiro atoms. The molecule has 1 heterocycles. The number of allylic oxidation sites excluding steroid dienone is 2. The van der Waals surface area contributed by atoms with E-state index >= 15 is 0 Å². The topological polar surface area (TPSA) is 43.4 Å².